The minimum atomic E-state index is -4.19. The smallest absolute Gasteiger partial charge is 0.330 e. The number of hydrogen-bond donors (Lipinski definition) is 1. The number of alkyl halides is 4. The van der Waals surface area contributed by atoms with E-state index in [-0.39, 0.29) is 17.6 Å². The molecule has 0 amide bonds. The maximum Gasteiger partial charge on any atom is 0.330 e. The van der Waals surface area contributed by atoms with Gasteiger partial charge in [-0.25, -0.2) is 13.8 Å². The van der Waals surface area contributed by atoms with Crippen molar-refractivity contribution in [1.82, 2.24) is 15.0 Å². The van der Waals surface area contributed by atoms with Gasteiger partial charge in [0.2, 0.25) is 5.95 Å². The lowest BCUT2D eigenvalue weighted by Gasteiger charge is -2.14. The third-order valence-corrected chi connectivity index (χ3v) is 1.66. The molecule has 0 aliphatic heterocycles. The Bertz CT molecular complexity index is 368. The van der Waals surface area contributed by atoms with Gasteiger partial charge in [0.1, 0.15) is 19.0 Å². The van der Waals surface area contributed by atoms with Crippen molar-refractivity contribution in [2.45, 2.75) is 25.9 Å². The molecule has 1 aromatic rings. The summed E-state index contributed by atoms with van der Waals surface area (Å²) in [5.41, 5.74) is 5.28. The molecule has 0 radical (unpaired) electrons. The number of halogens is 4. The largest absolute Gasteiger partial charge is 0.368 e. The summed E-state index contributed by atoms with van der Waals surface area (Å²) in [7, 11) is 0. The first kappa shape index (κ1) is 13.6. The Balaban J connectivity index is 2.51. The highest BCUT2D eigenvalue weighted by Crippen LogP contribution is 2.23. The molecule has 5 nitrogen and oxygen atoms in total. The molecule has 0 saturated heterocycles. The van der Waals surface area contributed by atoms with Crippen molar-refractivity contribution in [2.75, 3.05) is 12.3 Å². The second-order valence-electron chi connectivity index (χ2n) is 3.21. The Kier molecular flexibility index (Phi) is 4.16. The highest BCUT2D eigenvalue weighted by atomic mass is 19.3. The van der Waals surface area contributed by atoms with Crippen LogP contribution in [0.1, 0.15) is 11.6 Å². The molecular weight excluding hydrogens is 244 g/mol. The zero-order chi connectivity index (χ0) is 13.1. The van der Waals surface area contributed by atoms with Crippen LogP contribution in [0.15, 0.2) is 0 Å². The van der Waals surface area contributed by atoms with Gasteiger partial charge in [-0.3, -0.25) is 0 Å². The number of aromatic nitrogens is 3. The maximum absolute atomic E-state index is 12.5. The molecule has 96 valence electrons. The Morgan fingerprint density at radius 3 is 2.47 bits per heavy atom. The van der Waals surface area contributed by atoms with E-state index in [1.54, 1.807) is 0 Å². The number of nitrogens with two attached hydrogens (primary N) is 1. The number of hydrogen-bond acceptors (Lipinski definition) is 5. The van der Waals surface area contributed by atoms with E-state index in [1.807, 2.05) is 0 Å². The zero-order valence-electron chi connectivity index (χ0n) is 8.83. The van der Waals surface area contributed by atoms with Crippen LogP contribution in [0.5, 0.6) is 0 Å². The topological polar surface area (TPSA) is 73.9 Å². The molecule has 0 bridgehead atoms. The van der Waals surface area contributed by atoms with Gasteiger partial charge in [0, 0.05) is 0 Å². The van der Waals surface area contributed by atoms with Gasteiger partial charge in [-0.05, 0) is 6.92 Å². The van der Waals surface area contributed by atoms with Gasteiger partial charge in [0.05, 0.1) is 0 Å². The molecule has 0 spiro atoms. The molecule has 1 aromatic heterocycles. The van der Waals surface area contributed by atoms with Gasteiger partial charge in [0.15, 0.2) is 5.82 Å². The Morgan fingerprint density at radius 1 is 1.29 bits per heavy atom. The van der Waals surface area contributed by atoms with Gasteiger partial charge >= 0.3 is 12.3 Å². The average molecular weight is 254 g/mol. The van der Waals surface area contributed by atoms with Crippen LogP contribution in [0.2, 0.25) is 0 Å². The first-order valence-electron chi connectivity index (χ1n) is 4.52. The van der Waals surface area contributed by atoms with Crippen molar-refractivity contribution in [3.8, 4) is 0 Å². The van der Waals surface area contributed by atoms with Crippen LogP contribution in [-0.2, 0) is 11.3 Å². The predicted octanol–water partition coefficient (Wildman–Crippen LogP) is 1.18. The number of nitrogen functional groups attached to an aromatic ring is 1. The van der Waals surface area contributed by atoms with Crippen molar-refractivity contribution in [3.63, 3.8) is 0 Å². The van der Waals surface area contributed by atoms with E-state index >= 15 is 0 Å². The summed E-state index contributed by atoms with van der Waals surface area (Å²) < 4.78 is 52.9. The van der Waals surface area contributed by atoms with Crippen molar-refractivity contribution in [3.05, 3.63) is 11.6 Å². The predicted molar refractivity (Wildman–Crippen MR) is 49.6 cm³/mol. The highest BCUT2D eigenvalue weighted by Gasteiger charge is 2.40. The van der Waals surface area contributed by atoms with Crippen LogP contribution in [0.4, 0.5) is 23.5 Å². The fourth-order valence-corrected chi connectivity index (χ4v) is 0.966. The van der Waals surface area contributed by atoms with E-state index in [4.69, 9.17) is 5.73 Å². The summed E-state index contributed by atoms with van der Waals surface area (Å²) in [6.45, 7) is -0.319. The van der Waals surface area contributed by atoms with Crippen LogP contribution in [0.3, 0.4) is 0 Å². The minimum absolute atomic E-state index is 0.0140. The van der Waals surface area contributed by atoms with Crippen molar-refractivity contribution >= 4 is 5.95 Å². The SMILES string of the molecule is Cc1nc(N)nc(COCC(F)(F)C(F)F)n1. The van der Waals surface area contributed by atoms with Crippen LogP contribution < -0.4 is 5.73 Å². The Morgan fingerprint density at radius 2 is 1.94 bits per heavy atom. The van der Waals surface area contributed by atoms with E-state index in [0.717, 1.165) is 0 Å². The highest BCUT2D eigenvalue weighted by molar-refractivity contribution is 5.14. The second kappa shape index (κ2) is 5.21. The molecule has 0 aliphatic rings. The monoisotopic (exact) mass is 254 g/mol. The van der Waals surface area contributed by atoms with Crippen molar-refractivity contribution in [2.24, 2.45) is 0 Å². The molecule has 9 heteroatoms. The molecule has 0 aliphatic carbocycles. The Labute approximate surface area is 94.0 Å². The zero-order valence-corrected chi connectivity index (χ0v) is 8.83. The number of nitrogens with zero attached hydrogens (tertiary/aromatic N) is 3. The molecule has 1 heterocycles. The average Bonchev–Trinajstić information content (AvgIpc) is 2.15. The van der Waals surface area contributed by atoms with Crippen molar-refractivity contribution in [1.29, 1.82) is 0 Å². The lowest BCUT2D eigenvalue weighted by atomic mass is 10.4. The molecule has 2 N–H and O–H groups in total. The molecule has 17 heavy (non-hydrogen) atoms. The number of anilines is 1. The van der Waals surface area contributed by atoms with Gasteiger partial charge < -0.3 is 10.5 Å². The molecule has 0 saturated carbocycles. The molecule has 0 atom stereocenters. The number of ether oxygens (including phenoxy) is 1. The number of aryl methyl sites for hydroxylation is 1. The van der Waals surface area contributed by atoms with E-state index in [9.17, 15) is 17.6 Å². The summed E-state index contributed by atoms with van der Waals surface area (Å²) in [4.78, 5) is 11.0. The van der Waals surface area contributed by atoms with Gasteiger partial charge in [-0.15, -0.1) is 0 Å². The quantitative estimate of drug-likeness (QED) is 0.798. The first-order valence-corrected chi connectivity index (χ1v) is 4.52. The molecule has 0 fully saturated rings. The third-order valence-electron chi connectivity index (χ3n) is 1.66. The summed E-state index contributed by atoms with van der Waals surface area (Å²) in [5.74, 6) is -3.97. The summed E-state index contributed by atoms with van der Waals surface area (Å²) in [6.07, 6.45) is -3.77. The lowest BCUT2D eigenvalue weighted by Crippen LogP contribution is -2.32. The van der Waals surface area contributed by atoms with Gasteiger partial charge in [-0.1, -0.05) is 0 Å². The summed E-state index contributed by atoms with van der Waals surface area (Å²) in [5, 5.41) is 0. The van der Waals surface area contributed by atoms with Gasteiger partial charge in [-0.2, -0.15) is 18.7 Å². The minimum Gasteiger partial charge on any atom is -0.368 e. The van der Waals surface area contributed by atoms with Crippen LogP contribution in [0.25, 0.3) is 0 Å². The lowest BCUT2D eigenvalue weighted by molar-refractivity contribution is -0.168. The first-order chi connectivity index (χ1) is 7.81. The van der Waals surface area contributed by atoms with Crippen LogP contribution >= 0.6 is 0 Å². The standard InChI is InChI=1S/C8H10F4N4O/c1-4-14-5(16-7(13)15-4)2-17-3-8(11,12)6(9)10/h6H,2-3H2,1H3,(H2,13,14,15,16). The molecule has 0 aromatic carbocycles. The molecule has 0 unspecified atom stereocenters. The van der Waals surface area contributed by atoms with E-state index in [0.29, 0.717) is 0 Å². The van der Waals surface area contributed by atoms with E-state index < -0.39 is 25.6 Å². The summed E-state index contributed by atoms with van der Waals surface area (Å²) in [6, 6.07) is 0. The summed E-state index contributed by atoms with van der Waals surface area (Å²) >= 11 is 0. The normalized spacial score (nSPS) is 12.1. The fraction of sp³-hybridized carbons (Fsp3) is 0.625. The Hall–Kier alpha value is -1.51. The fourth-order valence-electron chi connectivity index (χ4n) is 0.966. The van der Waals surface area contributed by atoms with Crippen molar-refractivity contribution < 1.29 is 22.3 Å². The number of rotatable bonds is 5. The van der Waals surface area contributed by atoms with Crippen LogP contribution in [0, 0.1) is 6.92 Å². The van der Waals surface area contributed by atoms with E-state index in [1.165, 1.54) is 6.92 Å². The van der Waals surface area contributed by atoms with Gasteiger partial charge in [0.25, 0.3) is 0 Å². The van der Waals surface area contributed by atoms with Crippen LogP contribution in [-0.4, -0.2) is 33.9 Å². The second-order valence-corrected chi connectivity index (χ2v) is 3.21. The molecule has 1 rings (SSSR count). The molecular formula is C8H10F4N4O. The third kappa shape index (κ3) is 4.10. The maximum atomic E-state index is 12.5. The van der Waals surface area contributed by atoms with E-state index in [2.05, 4.69) is 19.7 Å².